The molecule has 0 saturated carbocycles. The van der Waals surface area contributed by atoms with Gasteiger partial charge < -0.3 is 20.3 Å². The van der Waals surface area contributed by atoms with Gasteiger partial charge >= 0.3 is 0 Å². The van der Waals surface area contributed by atoms with Gasteiger partial charge in [-0.25, -0.2) is 5.01 Å². The number of anilines is 4. The van der Waals surface area contributed by atoms with Crippen molar-refractivity contribution in [2.24, 2.45) is 5.29 Å². The van der Waals surface area contributed by atoms with Crippen LogP contribution in [-0.4, -0.2) is 64.2 Å². The minimum atomic E-state index is 0.306. The summed E-state index contributed by atoms with van der Waals surface area (Å²) in [7, 11) is 5.06. The molecule has 1 aliphatic heterocycles. The van der Waals surface area contributed by atoms with Crippen LogP contribution >= 0.6 is 0 Å². The normalized spacial score (nSPS) is 15.8. The molecule has 0 aliphatic carbocycles. The predicted octanol–water partition coefficient (Wildman–Crippen LogP) is 4.34. The molecule has 1 unspecified atom stereocenters. The van der Waals surface area contributed by atoms with Crippen molar-refractivity contribution in [1.29, 1.82) is 0 Å². The second-order valence-electron chi connectivity index (χ2n) is 8.60. The minimum Gasteiger partial charge on any atom is -0.496 e. The van der Waals surface area contributed by atoms with Crippen LogP contribution in [0.4, 0.5) is 22.7 Å². The number of piperazine rings is 1. The fraction of sp³-hybridized carbons (Fsp3) is 0.480. The van der Waals surface area contributed by atoms with E-state index in [9.17, 15) is 9.70 Å². The van der Waals surface area contributed by atoms with Gasteiger partial charge in [0.1, 0.15) is 5.75 Å². The first-order chi connectivity index (χ1) is 16.3. The molecule has 2 aromatic carbocycles. The predicted molar refractivity (Wildman–Crippen MR) is 141 cm³/mol. The molecule has 9 nitrogen and oxygen atoms in total. The lowest BCUT2D eigenvalue weighted by Gasteiger charge is -2.43. The largest absolute Gasteiger partial charge is 0.496 e. The van der Waals surface area contributed by atoms with E-state index in [1.807, 2.05) is 37.3 Å². The number of hydrogen-bond donors (Lipinski definition) is 2. The zero-order chi connectivity index (χ0) is 25.3. The standard InChI is InChI=1S/C17H28N6O2.C8H10O/c1-12(2)22-6-7-23(13(3)10-22)17-8-14(18-4)16(21(5)20-25)9-15(17)19-11-24;1-7-5-3-4-6-8(7)9-2/h8-9,11-13,18H,6-7,10H2,1-5H3,(H,19,24);3-6H,1-2H3. The Bertz CT molecular complexity index is 952. The van der Waals surface area contributed by atoms with Crippen molar-refractivity contribution in [3.05, 3.63) is 46.9 Å². The summed E-state index contributed by atoms with van der Waals surface area (Å²) in [6, 6.07) is 12.5. The van der Waals surface area contributed by atoms with Crippen LogP contribution in [0.1, 0.15) is 26.3 Å². The second kappa shape index (κ2) is 12.8. The maximum absolute atomic E-state index is 11.1. The molecule has 1 aliphatic rings. The van der Waals surface area contributed by atoms with Gasteiger partial charge in [0.25, 0.3) is 0 Å². The van der Waals surface area contributed by atoms with Gasteiger partial charge in [-0.2, -0.15) is 0 Å². The summed E-state index contributed by atoms with van der Waals surface area (Å²) < 4.78 is 5.04. The maximum Gasteiger partial charge on any atom is 0.211 e. The minimum absolute atomic E-state index is 0.306. The van der Waals surface area contributed by atoms with Crippen LogP contribution < -0.4 is 25.3 Å². The third kappa shape index (κ3) is 6.60. The number of ether oxygens (including phenoxy) is 1. The average molecular weight is 471 g/mol. The number of nitrogens with one attached hydrogen (secondary N) is 2. The summed E-state index contributed by atoms with van der Waals surface area (Å²) in [6.07, 6.45) is 0.658. The van der Waals surface area contributed by atoms with Crippen molar-refractivity contribution in [2.45, 2.75) is 39.8 Å². The lowest BCUT2D eigenvalue weighted by molar-refractivity contribution is -0.105. The molecule has 34 heavy (non-hydrogen) atoms. The number of rotatable bonds is 8. The van der Waals surface area contributed by atoms with Gasteiger partial charge in [-0.05, 0) is 51.5 Å². The van der Waals surface area contributed by atoms with E-state index >= 15 is 0 Å². The molecule has 2 aromatic rings. The zero-order valence-electron chi connectivity index (χ0n) is 21.3. The molecule has 0 aromatic heterocycles. The zero-order valence-corrected chi connectivity index (χ0v) is 21.3. The number of benzene rings is 2. The highest BCUT2D eigenvalue weighted by molar-refractivity contribution is 5.89. The molecule has 9 heteroatoms. The Morgan fingerprint density at radius 1 is 1.21 bits per heavy atom. The third-order valence-corrected chi connectivity index (χ3v) is 6.08. The van der Waals surface area contributed by atoms with E-state index in [0.29, 0.717) is 29.9 Å². The molecule has 0 radical (unpaired) electrons. The van der Waals surface area contributed by atoms with Gasteiger partial charge in [0.15, 0.2) is 0 Å². The van der Waals surface area contributed by atoms with E-state index in [1.54, 1.807) is 27.3 Å². The van der Waals surface area contributed by atoms with Crippen molar-refractivity contribution < 1.29 is 9.53 Å². The Hall–Kier alpha value is -3.33. The summed E-state index contributed by atoms with van der Waals surface area (Å²) in [6.45, 7) is 11.4. The molecule has 1 atom stereocenters. The van der Waals surface area contributed by atoms with E-state index in [-0.39, 0.29) is 0 Å². The summed E-state index contributed by atoms with van der Waals surface area (Å²) in [5, 5.41) is 10.1. The highest BCUT2D eigenvalue weighted by Crippen LogP contribution is 2.38. The molecular formula is C25H38N6O3. The Kier molecular flexibility index (Phi) is 10.1. The van der Waals surface area contributed by atoms with Crippen LogP contribution in [0.15, 0.2) is 41.7 Å². The average Bonchev–Trinajstić information content (AvgIpc) is 2.84. The monoisotopic (exact) mass is 470 g/mol. The quantitative estimate of drug-likeness (QED) is 0.337. The summed E-state index contributed by atoms with van der Waals surface area (Å²) >= 11 is 0. The number of para-hydroxylation sites is 1. The molecule has 1 heterocycles. The first-order valence-electron chi connectivity index (χ1n) is 11.5. The molecule has 1 saturated heterocycles. The third-order valence-electron chi connectivity index (χ3n) is 6.08. The number of aryl methyl sites for hydroxylation is 1. The van der Waals surface area contributed by atoms with Crippen LogP contribution in [0.2, 0.25) is 0 Å². The fourth-order valence-corrected chi connectivity index (χ4v) is 4.10. The van der Waals surface area contributed by atoms with Gasteiger partial charge in [-0.15, -0.1) is 4.91 Å². The van der Waals surface area contributed by atoms with E-state index in [4.69, 9.17) is 4.74 Å². The van der Waals surface area contributed by atoms with Crippen molar-refractivity contribution in [3.8, 4) is 5.75 Å². The van der Waals surface area contributed by atoms with Crippen molar-refractivity contribution in [3.63, 3.8) is 0 Å². The molecule has 2 N–H and O–H groups in total. The van der Waals surface area contributed by atoms with Crippen LogP contribution in [0.3, 0.4) is 0 Å². The Morgan fingerprint density at radius 3 is 2.41 bits per heavy atom. The van der Waals surface area contributed by atoms with Gasteiger partial charge in [0.2, 0.25) is 6.41 Å². The Labute approximate surface area is 203 Å². The molecule has 1 fully saturated rings. The second-order valence-corrected chi connectivity index (χ2v) is 8.60. The van der Waals surface area contributed by atoms with E-state index in [2.05, 4.69) is 46.5 Å². The molecule has 0 bridgehead atoms. The van der Waals surface area contributed by atoms with Crippen molar-refractivity contribution in [2.75, 3.05) is 61.4 Å². The van der Waals surface area contributed by atoms with E-state index in [1.165, 1.54) is 10.6 Å². The number of methoxy groups -OCH3 is 1. The van der Waals surface area contributed by atoms with Gasteiger partial charge in [0, 0.05) is 45.8 Å². The molecule has 1 amide bonds. The van der Waals surface area contributed by atoms with Gasteiger partial charge in [0.05, 0.1) is 35.1 Å². The van der Waals surface area contributed by atoms with Gasteiger partial charge in [-0.3, -0.25) is 9.69 Å². The molecule has 0 spiro atoms. The summed E-state index contributed by atoms with van der Waals surface area (Å²) in [5.74, 6) is 0.956. The van der Waals surface area contributed by atoms with Crippen molar-refractivity contribution >= 4 is 29.2 Å². The summed E-state index contributed by atoms with van der Waals surface area (Å²) in [5.41, 5.74) is 4.19. The first-order valence-corrected chi connectivity index (χ1v) is 11.5. The number of carbonyl (C=O) groups excluding carboxylic acids is 1. The fourth-order valence-electron chi connectivity index (χ4n) is 4.10. The number of nitrogens with zero attached hydrogens (tertiary/aromatic N) is 4. The SMILES string of the molecule is CNc1cc(N2CCN(C(C)C)CC2C)c(NC=O)cc1N(C)N=O.COc1ccccc1C. The lowest BCUT2D eigenvalue weighted by atomic mass is 10.1. The lowest BCUT2D eigenvalue weighted by Crippen LogP contribution is -2.54. The number of carbonyl (C=O) groups is 1. The summed E-state index contributed by atoms with van der Waals surface area (Å²) in [4.78, 5) is 26.8. The van der Waals surface area contributed by atoms with Gasteiger partial charge in [-0.1, -0.05) is 18.2 Å². The van der Waals surface area contributed by atoms with Crippen LogP contribution in [0.5, 0.6) is 5.75 Å². The van der Waals surface area contributed by atoms with Crippen molar-refractivity contribution in [1.82, 2.24) is 4.90 Å². The van der Waals surface area contributed by atoms with Crippen LogP contribution in [0, 0.1) is 11.8 Å². The number of nitroso groups, excluding NO2 is 1. The van der Waals surface area contributed by atoms with E-state index in [0.717, 1.165) is 36.8 Å². The Balaban J connectivity index is 0.000000379. The highest BCUT2D eigenvalue weighted by atomic mass is 16.5. The van der Waals surface area contributed by atoms with Crippen LogP contribution in [-0.2, 0) is 4.79 Å². The number of hydrogen-bond acceptors (Lipinski definition) is 7. The topological polar surface area (TPSA) is 89.5 Å². The Morgan fingerprint density at radius 2 is 1.91 bits per heavy atom. The molecular weight excluding hydrogens is 432 g/mol. The first kappa shape index (κ1) is 26.9. The number of amides is 1. The molecule has 3 rings (SSSR count). The maximum atomic E-state index is 11.1. The molecule has 186 valence electrons. The smallest absolute Gasteiger partial charge is 0.211 e. The van der Waals surface area contributed by atoms with Crippen LogP contribution in [0.25, 0.3) is 0 Å². The van der Waals surface area contributed by atoms with E-state index < -0.39 is 0 Å². The highest BCUT2D eigenvalue weighted by Gasteiger charge is 2.27.